The highest BCUT2D eigenvalue weighted by Crippen LogP contribution is 2.21. The predicted molar refractivity (Wildman–Crippen MR) is 91.3 cm³/mol. The van der Waals surface area contributed by atoms with Crippen LogP contribution in [0.1, 0.15) is 16.0 Å². The number of benzene rings is 1. The maximum Gasteiger partial charge on any atom is 0.218 e. The second-order valence-corrected chi connectivity index (χ2v) is 8.51. The van der Waals surface area contributed by atoms with Gasteiger partial charge in [0, 0.05) is 29.6 Å². The van der Waals surface area contributed by atoms with Crippen LogP contribution in [0.15, 0.2) is 58.7 Å². The third kappa shape index (κ3) is 4.75. The fraction of sp³-hybridized carbons (Fsp3) is 0.176. The summed E-state index contributed by atoms with van der Waals surface area (Å²) in [4.78, 5) is 0.873. The van der Waals surface area contributed by atoms with Gasteiger partial charge >= 0.3 is 0 Å². The first kappa shape index (κ1) is 17.8. The largest absolute Gasteiger partial charge is 0.472 e. The molecule has 0 radical (unpaired) electrons. The summed E-state index contributed by atoms with van der Waals surface area (Å²) in [6, 6.07) is 8.13. The SMILES string of the molecule is O=S(=O)(Cc1cc(F)cc(F)c1)N(Cc1ccoc1)Cc1cccs1. The molecular weight excluding hydrogens is 368 g/mol. The number of nitrogens with zero attached hydrogens (tertiary/aromatic N) is 1. The van der Waals surface area contributed by atoms with E-state index >= 15 is 0 Å². The normalized spacial score (nSPS) is 12.0. The molecule has 2 aromatic heterocycles. The van der Waals surface area contributed by atoms with Crippen molar-refractivity contribution >= 4 is 21.4 Å². The molecule has 0 saturated carbocycles. The van der Waals surface area contributed by atoms with E-state index in [1.54, 1.807) is 6.07 Å². The summed E-state index contributed by atoms with van der Waals surface area (Å²) in [5.74, 6) is -2.08. The van der Waals surface area contributed by atoms with Gasteiger partial charge in [-0.05, 0) is 35.2 Å². The molecule has 0 atom stereocenters. The van der Waals surface area contributed by atoms with Gasteiger partial charge in [0.1, 0.15) is 11.6 Å². The van der Waals surface area contributed by atoms with Crippen LogP contribution in [0.25, 0.3) is 0 Å². The Kier molecular flexibility index (Phi) is 5.31. The zero-order chi connectivity index (χ0) is 17.9. The Bertz CT molecular complexity index is 866. The maximum atomic E-state index is 13.4. The monoisotopic (exact) mass is 383 g/mol. The molecule has 25 heavy (non-hydrogen) atoms. The molecule has 0 spiro atoms. The quantitative estimate of drug-likeness (QED) is 0.616. The van der Waals surface area contributed by atoms with E-state index in [1.807, 2.05) is 17.5 Å². The Labute approximate surface area is 148 Å². The van der Waals surface area contributed by atoms with E-state index in [-0.39, 0.29) is 18.7 Å². The Morgan fingerprint density at radius 3 is 2.40 bits per heavy atom. The predicted octanol–water partition coefficient (Wildman–Crippen LogP) is 4.15. The minimum atomic E-state index is -3.80. The fourth-order valence-corrected chi connectivity index (χ4v) is 4.66. The van der Waals surface area contributed by atoms with E-state index in [4.69, 9.17) is 4.42 Å². The first-order chi connectivity index (χ1) is 11.9. The van der Waals surface area contributed by atoms with Crippen molar-refractivity contribution in [3.8, 4) is 0 Å². The number of sulfonamides is 1. The lowest BCUT2D eigenvalue weighted by Gasteiger charge is -2.21. The Balaban J connectivity index is 1.86. The van der Waals surface area contributed by atoms with E-state index in [0.29, 0.717) is 11.6 Å². The van der Waals surface area contributed by atoms with Crippen LogP contribution in [-0.4, -0.2) is 12.7 Å². The molecule has 8 heteroatoms. The summed E-state index contributed by atoms with van der Waals surface area (Å²) in [6.45, 7) is 0.303. The summed E-state index contributed by atoms with van der Waals surface area (Å²) in [6.07, 6.45) is 2.94. The van der Waals surface area contributed by atoms with Crippen molar-refractivity contribution in [3.63, 3.8) is 0 Å². The van der Waals surface area contributed by atoms with E-state index < -0.39 is 27.4 Å². The average molecular weight is 383 g/mol. The Morgan fingerprint density at radius 2 is 1.80 bits per heavy atom. The van der Waals surface area contributed by atoms with Crippen molar-refractivity contribution in [2.45, 2.75) is 18.8 Å². The molecule has 3 rings (SSSR count). The molecule has 0 unspecified atom stereocenters. The van der Waals surface area contributed by atoms with Crippen LogP contribution in [0.2, 0.25) is 0 Å². The van der Waals surface area contributed by atoms with Gasteiger partial charge in [-0.3, -0.25) is 0 Å². The second-order valence-electron chi connectivity index (χ2n) is 5.51. The van der Waals surface area contributed by atoms with Gasteiger partial charge in [-0.2, -0.15) is 4.31 Å². The summed E-state index contributed by atoms with van der Waals surface area (Å²) in [5.41, 5.74) is 0.770. The van der Waals surface area contributed by atoms with Gasteiger partial charge in [0.15, 0.2) is 0 Å². The molecule has 0 aliphatic carbocycles. The van der Waals surface area contributed by atoms with Gasteiger partial charge < -0.3 is 4.42 Å². The molecule has 132 valence electrons. The van der Waals surface area contributed by atoms with Gasteiger partial charge in [0.25, 0.3) is 0 Å². The Hall–Kier alpha value is -2.03. The topological polar surface area (TPSA) is 50.5 Å². The number of rotatable bonds is 7. The zero-order valence-electron chi connectivity index (χ0n) is 13.1. The van der Waals surface area contributed by atoms with Crippen LogP contribution in [0.5, 0.6) is 0 Å². The van der Waals surface area contributed by atoms with E-state index in [0.717, 1.165) is 17.0 Å². The van der Waals surface area contributed by atoms with Crippen molar-refractivity contribution in [1.29, 1.82) is 0 Å². The van der Waals surface area contributed by atoms with Crippen LogP contribution in [0.4, 0.5) is 8.78 Å². The standard InChI is InChI=1S/C17H15F2NO3S2/c18-15-6-14(7-16(19)8-15)12-25(21,22)20(9-13-3-4-23-11-13)10-17-2-1-5-24-17/h1-8,11H,9-10,12H2. The van der Waals surface area contributed by atoms with E-state index in [1.165, 1.54) is 28.2 Å². The minimum Gasteiger partial charge on any atom is -0.472 e. The summed E-state index contributed by atoms with van der Waals surface area (Å²) in [5, 5.41) is 1.86. The van der Waals surface area contributed by atoms with Crippen molar-refractivity contribution in [2.24, 2.45) is 0 Å². The maximum absolute atomic E-state index is 13.4. The zero-order valence-corrected chi connectivity index (χ0v) is 14.7. The van der Waals surface area contributed by atoms with E-state index in [9.17, 15) is 17.2 Å². The van der Waals surface area contributed by atoms with Crippen LogP contribution in [0, 0.1) is 11.6 Å². The first-order valence-corrected chi connectivity index (χ1v) is 9.87. The van der Waals surface area contributed by atoms with Crippen LogP contribution in [0.3, 0.4) is 0 Å². The molecule has 0 aliphatic heterocycles. The lowest BCUT2D eigenvalue weighted by Crippen LogP contribution is -2.31. The molecule has 0 N–H and O–H groups in total. The van der Waals surface area contributed by atoms with E-state index in [2.05, 4.69) is 0 Å². The smallest absolute Gasteiger partial charge is 0.218 e. The third-order valence-corrected chi connectivity index (χ3v) is 6.12. The molecule has 3 aromatic rings. The van der Waals surface area contributed by atoms with Gasteiger partial charge in [0.05, 0.1) is 18.3 Å². The van der Waals surface area contributed by atoms with Crippen LogP contribution < -0.4 is 0 Å². The summed E-state index contributed by atoms with van der Waals surface area (Å²) < 4.78 is 58.7. The van der Waals surface area contributed by atoms with Gasteiger partial charge in [-0.1, -0.05) is 6.07 Å². The van der Waals surface area contributed by atoms with Gasteiger partial charge in [-0.15, -0.1) is 11.3 Å². The molecule has 0 amide bonds. The van der Waals surface area contributed by atoms with Gasteiger partial charge in [-0.25, -0.2) is 17.2 Å². The molecule has 2 heterocycles. The van der Waals surface area contributed by atoms with Crippen molar-refractivity contribution in [1.82, 2.24) is 4.31 Å². The highest BCUT2D eigenvalue weighted by Gasteiger charge is 2.24. The summed E-state index contributed by atoms with van der Waals surface area (Å²) >= 11 is 1.44. The highest BCUT2D eigenvalue weighted by atomic mass is 32.2. The number of hydrogen-bond acceptors (Lipinski definition) is 4. The molecule has 0 fully saturated rings. The Morgan fingerprint density at radius 1 is 1.04 bits per heavy atom. The molecule has 0 saturated heterocycles. The first-order valence-electron chi connectivity index (χ1n) is 7.38. The van der Waals surface area contributed by atoms with Crippen LogP contribution >= 0.6 is 11.3 Å². The number of furan rings is 1. The second kappa shape index (κ2) is 7.47. The highest BCUT2D eigenvalue weighted by molar-refractivity contribution is 7.88. The molecule has 0 bridgehead atoms. The van der Waals surface area contributed by atoms with Crippen molar-refractivity contribution < 1.29 is 21.6 Å². The lowest BCUT2D eigenvalue weighted by molar-refractivity contribution is 0.401. The molecule has 1 aromatic carbocycles. The van der Waals surface area contributed by atoms with Gasteiger partial charge in [0.2, 0.25) is 10.0 Å². The lowest BCUT2D eigenvalue weighted by atomic mass is 10.2. The number of hydrogen-bond donors (Lipinski definition) is 0. The molecule has 0 aliphatic rings. The third-order valence-electron chi connectivity index (χ3n) is 3.52. The number of halogens is 2. The van der Waals surface area contributed by atoms with Crippen molar-refractivity contribution in [2.75, 3.05) is 0 Å². The summed E-state index contributed by atoms with van der Waals surface area (Å²) in [7, 11) is -3.80. The molecular formula is C17H15F2NO3S2. The average Bonchev–Trinajstić information content (AvgIpc) is 3.18. The van der Waals surface area contributed by atoms with Crippen LogP contribution in [-0.2, 0) is 28.9 Å². The minimum absolute atomic E-state index is 0.0703. The fourth-order valence-electron chi connectivity index (χ4n) is 2.41. The molecule has 4 nitrogen and oxygen atoms in total. The van der Waals surface area contributed by atoms with Crippen molar-refractivity contribution in [3.05, 3.63) is 81.9 Å². The number of thiophene rings is 1.